The van der Waals surface area contributed by atoms with Gasteiger partial charge in [-0.15, -0.1) is 0 Å². The van der Waals surface area contributed by atoms with E-state index in [1.54, 1.807) is 6.92 Å². The average Bonchev–Trinajstić information content (AvgIpc) is 2.07. The summed E-state index contributed by atoms with van der Waals surface area (Å²) in [5.41, 5.74) is 0.608. The quantitative estimate of drug-likeness (QED) is 0.382. The Labute approximate surface area is 111 Å². The van der Waals surface area contributed by atoms with Gasteiger partial charge in [0.1, 0.15) is 0 Å². The van der Waals surface area contributed by atoms with Crippen LogP contribution in [-0.2, 0) is 10.1 Å². The molecule has 0 saturated carbocycles. The molecule has 0 aliphatic heterocycles. The molecule has 82 valence electrons. The third-order valence-electron chi connectivity index (χ3n) is 1.63. The molecule has 1 N–H and O–H groups in total. The molecule has 0 radical (unpaired) electrons. The number of aryl methyl sites for hydroxylation is 1. The number of diazo groups is 1. The molecule has 0 aliphatic rings. The molecule has 0 aliphatic carbocycles. The number of hydrogen-bond acceptors (Lipinski definition) is 3. The lowest BCUT2D eigenvalue weighted by Crippen LogP contribution is -3.00. The van der Waals surface area contributed by atoms with Gasteiger partial charge in [-0.1, -0.05) is 0 Å². The minimum absolute atomic E-state index is 0. The van der Waals surface area contributed by atoms with Crippen LogP contribution >= 0.6 is 22.6 Å². The van der Waals surface area contributed by atoms with Gasteiger partial charge in [0.15, 0.2) is 9.87 Å². The smallest absolute Gasteiger partial charge is 0.406 e. The number of rotatable bonds is 1. The predicted molar refractivity (Wildman–Crippen MR) is 58.5 cm³/mol. The second-order valence-corrected chi connectivity index (χ2v) is 5.20. The van der Waals surface area contributed by atoms with Crippen molar-refractivity contribution in [1.29, 1.82) is 5.39 Å². The van der Waals surface area contributed by atoms with Gasteiger partial charge in [-0.3, -0.25) is 4.55 Å². The van der Waals surface area contributed by atoms with E-state index in [-0.39, 0.29) is 22.7 Å². The summed E-state index contributed by atoms with van der Waals surface area (Å²) in [5, 5.41) is 8.54. The first-order valence-electron chi connectivity index (χ1n) is 3.49. The lowest BCUT2D eigenvalue weighted by atomic mass is 10.2. The van der Waals surface area contributed by atoms with Gasteiger partial charge in [0.2, 0.25) is 5.39 Å². The summed E-state index contributed by atoms with van der Waals surface area (Å²) in [6, 6.07) is 2.63. The lowest BCUT2D eigenvalue weighted by Gasteiger charge is -1.97. The van der Waals surface area contributed by atoms with Gasteiger partial charge in [-0.05, 0) is 41.1 Å². The lowest BCUT2D eigenvalue weighted by molar-refractivity contribution is -0.00000722. The molecule has 0 amide bonds. The first kappa shape index (κ1) is 14.8. The van der Waals surface area contributed by atoms with Crippen molar-refractivity contribution in [1.82, 2.24) is 0 Å². The number of benzene rings is 1. The van der Waals surface area contributed by atoms with Crippen LogP contribution in [0.25, 0.3) is 4.98 Å². The predicted octanol–water partition coefficient (Wildman–Crippen LogP) is -0.665. The van der Waals surface area contributed by atoms with Gasteiger partial charge in [0.05, 0.1) is 0 Å². The number of halogens is 2. The van der Waals surface area contributed by atoms with Crippen molar-refractivity contribution >= 4 is 38.4 Å². The van der Waals surface area contributed by atoms with E-state index in [2.05, 4.69) is 4.98 Å². The molecule has 0 heterocycles. The molecule has 1 aromatic carbocycles. The highest BCUT2D eigenvalue weighted by Crippen LogP contribution is 2.28. The monoisotopic (exact) mass is 404 g/mol. The molecule has 0 spiro atoms. The normalized spacial score (nSPS) is 10.3. The van der Waals surface area contributed by atoms with E-state index in [9.17, 15) is 8.42 Å². The summed E-state index contributed by atoms with van der Waals surface area (Å²) in [6.45, 7) is 1.74. The van der Waals surface area contributed by atoms with Gasteiger partial charge in [0, 0.05) is 9.64 Å². The Morgan fingerprint density at radius 1 is 1.47 bits per heavy atom. The van der Waals surface area contributed by atoms with Crippen molar-refractivity contribution in [2.24, 2.45) is 0 Å². The Balaban J connectivity index is 0.00000196. The summed E-state index contributed by atoms with van der Waals surface area (Å²) in [5.74, 6) is 0. The van der Waals surface area contributed by atoms with Crippen LogP contribution in [0.5, 0.6) is 0 Å². The van der Waals surface area contributed by atoms with Crippen molar-refractivity contribution in [3.05, 3.63) is 26.2 Å². The van der Waals surface area contributed by atoms with Gasteiger partial charge >= 0.3 is 15.8 Å². The Morgan fingerprint density at radius 3 is 2.40 bits per heavy atom. The van der Waals surface area contributed by atoms with E-state index in [1.165, 1.54) is 12.1 Å². The van der Waals surface area contributed by atoms with E-state index in [4.69, 9.17) is 9.95 Å². The summed E-state index contributed by atoms with van der Waals surface area (Å²) >= 11 is 1.92. The fourth-order valence-corrected chi connectivity index (χ4v) is 2.24. The van der Waals surface area contributed by atoms with Crippen LogP contribution in [0.4, 0.5) is 5.69 Å². The maximum absolute atomic E-state index is 10.9. The van der Waals surface area contributed by atoms with Gasteiger partial charge < -0.3 is 17.0 Å². The molecule has 1 aromatic rings. The molecule has 5 nitrogen and oxygen atoms in total. The minimum Gasteiger partial charge on any atom is -1.00 e. The van der Waals surface area contributed by atoms with Gasteiger partial charge in [-0.2, -0.15) is 8.42 Å². The zero-order valence-corrected chi connectivity index (χ0v) is 12.0. The Kier molecular flexibility index (Phi) is 5.12. The second kappa shape index (κ2) is 5.20. The van der Waals surface area contributed by atoms with Gasteiger partial charge in [0.25, 0.3) is 0 Å². The third-order valence-corrected chi connectivity index (χ3v) is 3.67. The SMILES string of the molecule is Cc1cc([N+]#N)c(S(=O)(=O)O)cc1I.[Br-]. The highest BCUT2D eigenvalue weighted by molar-refractivity contribution is 14.1. The summed E-state index contributed by atoms with van der Waals surface area (Å²) in [7, 11) is -4.34. The van der Waals surface area contributed by atoms with Crippen molar-refractivity contribution in [2.45, 2.75) is 11.8 Å². The third kappa shape index (κ3) is 3.37. The molecular formula is C7H6BrIN2O3S. The van der Waals surface area contributed by atoms with E-state index in [0.29, 0.717) is 3.57 Å². The molecule has 0 aromatic heterocycles. The molecule has 0 saturated heterocycles. The molecular weight excluding hydrogens is 399 g/mol. The van der Waals surface area contributed by atoms with Crippen molar-refractivity contribution in [2.75, 3.05) is 0 Å². The van der Waals surface area contributed by atoms with Crippen LogP contribution in [0.2, 0.25) is 0 Å². The molecule has 0 bridgehead atoms. The standard InChI is InChI=1S/C7H5IN2O3S.BrH/c1-4-2-6(10-9)7(3-5(4)8)14(11,12)13;/h2-3H,1H3;1H. The first-order valence-corrected chi connectivity index (χ1v) is 6.01. The van der Waals surface area contributed by atoms with Crippen molar-refractivity contribution < 1.29 is 30.0 Å². The fourth-order valence-electron chi connectivity index (χ4n) is 0.933. The van der Waals surface area contributed by atoms with Crippen LogP contribution in [0.1, 0.15) is 5.56 Å². The Bertz CT molecular complexity index is 524. The summed E-state index contributed by atoms with van der Waals surface area (Å²) in [6.07, 6.45) is 0. The number of hydrogen-bond donors (Lipinski definition) is 1. The van der Waals surface area contributed by atoms with Gasteiger partial charge in [-0.25, -0.2) is 0 Å². The Morgan fingerprint density at radius 2 is 2.00 bits per heavy atom. The fraction of sp³-hybridized carbons (Fsp3) is 0.143. The van der Waals surface area contributed by atoms with Crippen molar-refractivity contribution in [3.8, 4) is 0 Å². The molecule has 0 unspecified atom stereocenters. The molecule has 1 rings (SSSR count). The molecule has 15 heavy (non-hydrogen) atoms. The van der Waals surface area contributed by atoms with E-state index in [1.807, 2.05) is 22.6 Å². The maximum atomic E-state index is 10.9. The minimum atomic E-state index is -4.34. The van der Waals surface area contributed by atoms with E-state index >= 15 is 0 Å². The summed E-state index contributed by atoms with van der Waals surface area (Å²) < 4.78 is 31.2. The largest absolute Gasteiger partial charge is 1.00 e. The zero-order valence-electron chi connectivity index (χ0n) is 7.48. The highest BCUT2D eigenvalue weighted by atomic mass is 127. The van der Waals surface area contributed by atoms with Crippen LogP contribution in [0, 0.1) is 15.9 Å². The van der Waals surface area contributed by atoms with Crippen LogP contribution < -0.4 is 17.0 Å². The Hall–Kier alpha value is -0.240. The average molecular weight is 405 g/mol. The van der Waals surface area contributed by atoms with E-state index < -0.39 is 15.0 Å². The number of nitrogens with zero attached hydrogens (tertiary/aromatic N) is 2. The van der Waals surface area contributed by atoms with Crippen molar-refractivity contribution in [3.63, 3.8) is 0 Å². The molecule has 8 heteroatoms. The zero-order chi connectivity index (χ0) is 10.9. The molecule has 0 atom stereocenters. The maximum Gasteiger partial charge on any atom is 0.406 e. The van der Waals surface area contributed by atoms with Crippen LogP contribution in [-0.4, -0.2) is 13.0 Å². The van der Waals surface area contributed by atoms with Crippen LogP contribution in [0.15, 0.2) is 17.0 Å². The van der Waals surface area contributed by atoms with Crippen LogP contribution in [0.3, 0.4) is 0 Å². The summed E-state index contributed by atoms with van der Waals surface area (Å²) in [4.78, 5) is 2.40. The highest BCUT2D eigenvalue weighted by Gasteiger charge is 2.25. The topological polar surface area (TPSA) is 82.5 Å². The second-order valence-electron chi connectivity index (χ2n) is 2.64. The molecule has 0 fully saturated rings. The van der Waals surface area contributed by atoms with E-state index in [0.717, 1.165) is 5.56 Å². The first-order chi connectivity index (χ1) is 6.36.